The minimum Gasteiger partial charge on any atom is -0.387 e. The summed E-state index contributed by atoms with van der Waals surface area (Å²) >= 11 is 0. The lowest BCUT2D eigenvalue weighted by Crippen LogP contribution is -2.47. The lowest BCUT2D eigenvalue weighted by molar-refractivity contribution is -0.0385. The van der Waals surface area contributed by atoms with Crippen LogP contribution in [-0.4, -0.2) is 28.8 Å². The van der Waals surface area contributed by atoms with Crippen molar-refractivity contribution >= 4 is 11.5 Å². The first kappa shape index (κ1) is 13.4. The van der Waals surface area contributed by atoms with E-state index in [9.17, 15) is 0 Å². The molecule has 3 aliphatic rings. The van der Waals surface area contributed by atoms with Gasteiger partial charge in [-0.1, -0.05) is 71.0 Å². The van der Waals surface area contributed by atoms with Gasteiger partial charge in [0.15, 0.2) is 11.9 Å². The van der Waals surface area contributed by atoms with E-state index in [1.165, 1.54) is 0 Å². The first-order chi connectivity index (χ1) is 11.9. The monoisotopic (exact) mass is 317 g/mol. The van der Waals surface area contributed by atoms with E-state index in [2.05, 4.69) is 15.2 Å². The van der Waals surface area contributed by atoms with Crippen LogP contribution in [0.3, 0.4) is 0 Å². The van der Waals surface area contributed by atoms with Gasteiger partial charge < -0.3 is 9.68 Å². The molecule has 2 aromatic rings. The van der Waals surface area contributed by atoms with Crippen LogP contribution in [-0.2, 0) is 9.68 Å². The number of fused-ring (bicyclic) bond motifs is 3. The van der Waals surface area contributed by atoms with Gasteiger partial charge in [-0.05, 0) is 11.6 Å². The van der Waals surface area contributed by atoms with Crippen LogP contribution >= 0.6 is 0 Å². The molecule has 0 aliphatic carbocycles. The van der Waals surface area contributed by atoms with Crippen LogP contribution in [0.5, 0.6) is 0 Å². The third-order valence-corrected chi connectivity index (χ3v) is 4.55. The molecule has 2 aromatic carbocycles. The molecule has 0 amide bonds. The van der Waals surface area contributed by atoms with Gasteiger partial charge in [0.2, 0.25) is 6.23 Å². The molecule has 24 heavy (non-hydrogen) atoms. The molecule has 0 radical (unpaired) electrons. The fraction of sp³-hybridized carbons (Fsp3) is 0.158. The molecule has 0 saturated carbocycles. The van der Waals surface area contributed by atoms with E-state index >= 15 is 0 Å². The Bertz CT molecular complexity index is 845. The third-order valence-electron chi connectivity index (χ3n) is 4.55. The maximum Gasteiger partial charge on any atom is 0.217 e. The predicted molar refractivity (Wildman–Crippen MR) is 90.2 cm³/mol. The van der Waals surface area contributed by atoms with Crippen molar-refractivity contribution in [3.05, 3.63) is 84.1 Å². The van der Waals surface area contributed by atoms with Crippen molar-refractivity contribution in [1.29, 1.82) is 0 Å². The summed E-state index contributed by atoms with van der Waals surface area (Å²) in [6.45, 7) is 0. The molecule has 5 nitrogen and oxygen atoms in total. The van der Waals surface area contributed by atoms with Gasteiger partial charge in [0.1, 0.15) is 11.6 Å². The second-order valence-electron chi connectivity index (χ2n) is 5.96. The Morgan fingerprint density at radius 2 is 1.50 bits per heavy atom. The maximum atomic E-state index is 5.79. The topological polar surface area (TPSA) is 46.4 Å². The lowest BCUT2D eigenvalue weighted by Gasteiger charge is -2.32. The number of hydrogen-bond acceptors (Lipinski definition) is 5. The van der Waals surface area contributed by atoms with Crippen LogP contribution in [0.4, 0.5) is 0 Å². The first-order valence-corrected chi connectivity index (χ1v) is 7.97. The highest BCUT2D eigenvalue weighted by Crippen LogP contribution is 2.36. The van der Waals surface area contributed by atoms with E-state index < -0.39 is 0 Å². The van der Waals surface area contributed by atoms with Gasteiger partial charge in [0.05, 0.1) is 0 Å². The van der Waals surface area contributed by atoms with Gasteiger partial charge in [-0.2, -0.15) is 0 Å². The molecule has 3 atom stereocenters. The molecule has 0 bridgehead atoms. The molecule has 5 rings (SSSR count). The van der Waals surface area contributed by atoms with Gasteiger partial charge in [-0.3, -0.25) is 4.90 Å². The highest BCUT2D eigenvalue weighted by molar-refractivity contribution is 6.05. The lowest BCUT2D eigenvalue weighted by atomic mass is 9.88. The number of amidine groups is 1. The molecule has 0 N–H and O–H groups in total. The molecule has 0 aromatic heterocycles. The summed E-state index contributed by atoms with van der Waals surface area (Å²) in [7, 11) is 0. The zero-order valence-electron chi connectivity index (χ0n) is 12.8. The Balaban J connectivity index is 1.50. The van der Waals surface area contributed by atoms with Crippen molar-refractivity contribution in [3.63, 3.8) is 0 Å². The zero-order chi connectivity index (χ0) is 15.9. The quantitative estimate of drug-likeness (QED) is 0.855. The van der Waals surface area contributed by atoms with Crippen LogP contribution in [0.15, 0.2) is 83.3 Å². The van der Waals surface area contributed by atoms with E-state index in [0.29, 0.717) is 0 Å². The van der Waals surface area contributed by atoms with E-state index in [1.54, 1.807) is 0 Å². The largest absolute Gasteiger partial charge is 0.387 e. The van der Waals surface area contributed by atoms with Crippen LogP contribution < -0.4 is 0 Å². The van der Waals surface area contributed by atoms with Crippen LogP contribution in [0.2, 0.25) is 0 Å². The van der Waals surface area contributed by atoms with Gasteiger partial charge in [0, 0.05) is 11.8 Å². The van der Waals surface area contributed by atoms with Crippen LogP contribution in [0, 0.1) is 5.92 Å². The van der Waals surface area contributed by atoms with Gasteiger partial charge in [-0.25, -0.2) is 0 Å². The number of rotatable bonds is 2. The fourth-order valence-corrected chi connectivity index (χ4v) is 3.39. The molecule has 5 heteroatoms. The summed E-state index contributed by atoms with van der Waals surface area (Å²) in [5.74, 6) is 0.803. The number of oxime groups is 2. The standard InChI is InChI=1S/C19H15N3O2/c1-3-7-13(8-4-1)17-16-15(23-20-17)11-12-22-18(21-24-19(16)22)14-9-5-2-6-10-14/h1-12,15-16,19H/t15-,16-,19-/m0/s1. The van der Waals surface area contributed by atoms with Crippen molar-refractivity contribution in [2.75, 3.05) is 0 Å². The summed E-state index contributed by atoms with van der Waals surface area (Å²) in [5.41, 5.74) is 2.99. The predicted octanol–water partition coefficient (Wildman–Crippen LogP) is 2.95. The van der Waals surface area contributed by atoms with Crippen molar-refractivity contribution in [2.24, 2.45) is 16.2 Å². The second-order valence-corrected chi connectivity index (χ2v) is 5.96. The van der Waals surface area contributed by atoms with Gasteiger partial charge in [0.25, 0.3) is 0 Å². The third kappa shape index (κ3) is 1.94. The Morgan fingerprint density at radius 3 is 2.25 bits per heavy atom. The van der Waals surface area contributed by atoms with Crippen LogP contribution in [0.25, 0.3) is 0 Å². The van der Waals surface area contributed by atoms with Crippen molar-refractivity contribution in [1.82, 2.24) is 4.90 Å². The maximum absolute atomic E-state index is 5.79. The normalized spacial score (nSPS) is 26.8. The average Bonchev–Trinajstić information content (AvgIpc) is 3.27. The summed E-state index contributed by atoms with van der Waals surface area (Å²) in [6, 6.07) is 20.1. The Morgan fingerprint density at radius 1 is 0.792 bits per heavy atom. The summed E-state index contributed by atoms with van der Waals surface area (Å²) in [4.78, 5) is 13.5. The molecule has 0 spiro atoms. The molecule has 118 valence electrons. The molecule has 0 fully saturated rings. The SMILES string of the molecule is C1=CN2C(c3ccccc3)=NO[C@H]2[C@@H]2C(c3ccccc3)=NO[C@@H]12. The molecular weight excluding hydrogens is 302 g/mol. The first-order valence-electron chi connectivity index (χ1n) is 7.97. The molecule has 3 aliphatic heterocycles. The molecular formula is C19H15N3O2. The second kappa shape index (κ2) is 5.23. The Hall–Kier alpha value is -3.08. The van der Waals surface area contributed by atoms with Gasteiger partial charge in [-0.15, -0.1) is 0 Å². The van der Waals surface area contributed by atoms with Gasteiger partial charge >= 0.3 is 0 Å². The van der Waals surface area contributed by atoms with E-state index in [0.717, 1.165) is 22.7 Å². The fourth-order valence-electron chi connectivity index (χ4n) is 3.39. The minimum absolute atomic E-state index is 0.0117. The smallest absolute Gasteiger partial charge is 0.217 e. The van der Waals surface area contributed by atoms with Crippen LogP contribution in [0.1, 0.15) is 11.1 Å². The Labute approximate surface area is 139 Å². The minimum atomic E-state index is -0.239. The number of nitrogens with zero attached hydrogens (tertiary/aromatic N) is 3. The number of hydrogen-bond donors (Lipinski definition) is 0. The molecule has 0 saturated heterocycles. The van der Waals surface area contributed by atoms with Crippen molar-refractivity contribution in [2.45, 2.75) is 12.3 Å². The van der Waals surface area contributed by atoms with Crippen molar-refractivity contribution < 1.29 is 9.68 Å². The Kier molecular flexibility index (Phi) is 2.91. The highest BCUT2D eigenvalue weighted by Gasteiger charge is 2.49. The average molecular weight is 317 g/mol. The highest BCUT2D eigenvalue weighted by atomic mass is 16.7. The van der Waals surface area contributed by atoms with Crippen molar-refractivity contribution in [3.8, 4) is 0 Å². The summed E-state index contributed by atoms with van der Waals surface area (Å²) in [6.07, 6.45) is 3.64. The molecule has 3 heterocycles. The van der Waals surface area contributed by atoms with E-state index in [1.807, 2.05) is 72.9 Å². The van der Waals surface area contributed by atoms with E-state index in [4.69, 9.17) is 9.68 Å². The summed E-state index contributed by atoms with van der Waals surface area (Å²) in [5, 5.41) is 8.64. The van der Waals surface area contributed by atoms with E-state index in [-0.39, 0.29) is 18.2 Å². The summed E-state index contributed by atoms with van der Waals surface area (Å²) < 4.78 is 0. The zero-order valence-corrected chi connectivity index (χ0v) is 12.8. The molecule has 0 unspecified atom stereocenters. The number of benzene rings is 2.